The molecule has 0 aromatic heterocycles. The van der Waals surface area contributed by atoms with Crippen LogP contribution >= 0.6 is 0 Å². The van der Waals surface area contributed by atoms with Crippen LogP contribution in [-0.2, 0) is 22.0 Å². The van der Waals surface area contributed by atoms with Crippen molar-refractivity contribution in [3.63, 3.8) is 0 Å². The minimum atomic E-state index is -3.79. The molecule has 0 aliphatic carbocycles. The monoisotopic (exact) mass is 436 g/mol. The molecular weight excluding hydrogens is 408 g/mol. The van der Waals surface area contributed by atoms with E-state index in [1.54, 1.807) is 13.0 Å². The van der Waals surface area contributed by atoms with Crippen molar-refractivity contribution in [3.8, 4) is 5.75 Å². The molecular formula is C25H28N2O3S. The van der Waals surface area contributed by atoms with Crippen LogP contribution in [0.1, 0.15) is 43.0 Å². The van der Waals surface area contributed by atoms with Crippen molar-refractivity contribution < 1.29 is 13.2 Å². The average molecular weight is 437 g/mol. The number of hydrazone groups is 1. The maximum absolute atomic E-state index is 12.9. The van der Waals surface area contributed by atoms with Gasteiger partial charge in [-0.15, -0.1) is 0 Å². The summed E-state index contributed by atoms with van der Waals surface area (Å²) < 4.78 is 31.5. The molecule has 0 atom stereocenters. The molecule has 0 unspecified atom stereocenters. The maximum atomic E-state index is 12.9. The van der Waals surface area contributed by atoms with Crippen LogP contribution in [0.5, 0.6) is 5.75 Å². The average Bonchev–Trinajstić information content (AvgIpc) is 2.73. The Kier molecular flexibility index (Phi) is 6.81. The Bertz CT molecular complexity index is 1160. The number of sulfonamides is 1. The Labute approximate surface area is 184 Å². The van der Waals surface area contributed by atoms with E-state index in [2.05, 4.69) is 9.93 Å². The van der Waals surface area contributed by atoms with Crippen LogP contribution in [0.2, 0.25) is 0 Å². The van der Waals surface area contributed by atoms with Gasteiger partial charge in [0.1, 0.15) is 12.4 Å². The Balaban J connectivity index is 1.76. The SMILES string of the molecule is Cc1ccc(C(C)(C)C)cc1S(=O)(=O)N/N=C/c1ccccc1COc1ccccc1. The van der Waals surface area contributed by atoms with E-state index in [9.17, 15) is 8.42 Å². The van der Waals surface area contributed by atoms with E-state index < -0.39 is 10.0 Å². The molecule has 0 spiro atoms. The first-order valence-electron chi connectivity index (χ1n) is 10.1. The van der Waals surface area contributed by atoms with Crippen LogP contribution in [0.4, 0.5) is 0 Å². The molecule has 0 saturated heterocycles. The summed E-state index contributed by atoms with van der Waals surface area (Å²) in [5.74, 6) is 0.768. The summed E-state index contributed by atoms with van der Waals surface area (Å²) >= 11 is 0. The van der Waals surface area contributed by atoms with Crippen molar-refractivity contribution >= 4 is 16.2 Å². The minimum Gasteiger partial charge on any atom is -0.489 e. The smallest absolute Gasteiger partial charge is 0.276 e. The summed E-state index contributed by atoms with van der Waals surface area (Å²) in [6, 6.07) is 22.6. The van der Waals surface area contributed by atoms with Crippen molar-refractivity contribution in [2.24, 2.45) is 5.10 Å². The van der Waals surface area contributed by atoms with Crippen molar-refractivity contribution in [2.45, 2.75) is 44.6 Å². The summed E-state index contributed by atoms with van der Waals surface area (Å²) in [4.78, 5) is 2.58. The minimum absolute atomic E-state index is 0.154. The lowest BCUT2D eigenvalue weighted by Gasteiger charge is -2.20. The first-order chi connectivity index (χ1) is 14.7. The molecule has 0 heterocycles. The Morgan fingerprint density at radius 1 is 0.968 bits per heavy atom. The molecule has 0 saturated carbocycles. The van der Waals surface area contributed by atoms with Crippen LogP contribution in [-0.4, -0.2) is 14.6 Å². The van der Waals surface area contributed by atoms with Gasteiger partial charge < -0.3 is 4.74 Å². The zero-order valence-corrected chi connectivity index (χ0v) is 19.1. The number of ether oxygens (including phenoxy) is 1. The quantitative estimate of drug-likeness (QED) is 0.410. The van der Waals surface area contributed by atoms with E-state index in [-0.39, 0.29) is 10.3 Å². The number of benzene rings is 3. The van der Waals surface area contributed by atoms with Crippen molar-refractivity contribution in [1.82, 2.24) is 4.83 Å². The number of para-hydroxylation sites is 1. The Hall–Kier alpha value is -3.12. The van der Waals surface area contributed by atoms with Gasteiger partial charge >= 0.3 is 0 Å². The van der Waals surface area contributed by atoms with Gasteiger partial charge in [0.05, 0.1) is 11.1 Å². The van der Waals surface area contributed by atoms with Crippen molar-refractivity contribution in [1.29, 1.82) is 0 Å². The standard InChI is InChI=1S/C25H28N2O3S/c1-19-14-15-22(25(2,3)4)16-24(19)31(28,29)27-26-17-20-10-8-9-11-21(20)18-30-23-12-6-5-7-13-23/h5-17,27H,18H2,1-4H3/b26-17+. The molecule has 0 fully saturated rings. The third kappa shape index (κ3) is 5.95. The van der Waals surface area contributed by atoms with Crippen molar-refractivity contribution in [2.75, 3.05) is 0 Å². The molecule has 3 aromatic carbocycles. The number of aryl methyl sites for hydroxylation is 1. The van der Waals surface area contributed by atoms with Gasteiger partial charge in [0.2, 0.25) is 0 Å². The molecule has 0 bridgehead atoms. The summed E-state index contributed by atoms with van der Waals surface area (Å²) in [7, 11) is -3.79. The zero-order chi connectivity index (χ0) is 22.5. The van der Waals surface area contributed by atoms with Crippen molar-refractivity contribution in [3.05, 3.63) is 95.1 Å². The van der Waals surface area contributed by atoms with E-state index in [0.717, 1.165) is 22.4 Å². The number of hydrogen-bond donors (Lipinski definition) is 1. The highest BCUT2D eigenvalue weighted by molar-refractivity contribution is 7.89. The van der Waals surface area contributed by atoms with E-state index in [1.165, 1.54) is 6.21 Å². The molecule has 3 aromatic rings. The maximum Gasteiger partial charge on any atom is 0.276 e. The summed E-state index contributed by atoms with van der Waals surface area (Å²) in [6.45, 7) is 8.28. The van der Waals surface area contributed by atoms with Gasteiger partial charge in [0, 0.05) is 5.56 Å². The van der Waals surface area contributed by atoms with Gasteiger partial charge in [-0.3, -0.25) is 0 Å². The van der Waals surface area contributed by atoms with E-state index in [4.69, 9.17) is 4.74 Å². The lowest BCUT2D eigenvalue weighted by atomic mass is 9.87. The van der Waals surface area contributed by atoms with E-state index in [0.29, 0.717) is 12.2 Å². The summed E-state index contributed by atoms with van der Waals surface area (Å²) in [5.41, 5.74) is 3.15. The predicted octanol–water partition coefficient (Wildman–Crippen LogP) is 5.18. The van der Waals surface area contributed by atoms with Gasteiger partial charge in [-0.25, -0.2) is 4.83 Å². The van der Waals surface area contributed by atoms with Gasteiger partial charge in [0.15, 0.2) is 0 Å². The van der Waals surface area contributed by atoms with E-state index >= 15 is 0 Å². The van der Waals surface area contributed by atoms with Gasteiger partial charge in [-0.2, -0.15) is 13.5 Å². The largest absolute Gasteiger partial charge is 0.489 e. The number of nitrogens with one attached hydrogen (secondary N) is 1. The highest BCUT2D eigenvalue weighted by Crippen LogP contribution is 2.26. The van der Waals surface area contributed by atoms with Crippen LogP contribution < -0.4 is 9.57 Å². The molecule has 31 heavy (non-hydrogen) atoms. The van der Waals surface area contributed by atoms with Gasteiger partial charge in [0.25, 0.3) is 10.0 Å². The Morgan fingerprint density at radius 2 is 1.65 bits per heavy atom. The molecule has 0 aliphatic heterocycles. The summed E-state index contributed by atoms with van der Waals surface area (Å²) in [5, 5.41) is 4.02. The second kappa shape index (κ2) is 9.35. The predicted molar refractivity (Wildman–Crippen MR) is 125 cm³/mol. The third-order valence-corrected chi connectivity index (χ3v) is 6.28. The summed E-state index contributed by atoms with van der Waals surface area (Å²) in [6.07, 6.45) is 1.50. The first-order valence-corrected chi connectivity index (χ1v) is 11.6. The number of nitrogens with zero attached hydrogens (tertiary/aromatic N) is 1. The first kappa shape index (κ1) is 22.6. The number of rotatable bonds is 7. The van der Waals surface area contributed by atoms with Crippen LogP contribution in [0.15, 0.2) is 82.8 Å². The fraction of sp³-hybridized carbons (Fsp3) is 0.240. The van der Waals surface area contributed by atoms with Crippen LogP contribution in [0.3, 0.4) is 0 Å². The van der Waals surface area contributed by atoms with Crippen LogP contribution in [0.25, 0.3) is 0 Å². The second-order valence-electron chi connectivity index (χ2n) is 8.38. The molecule has 0 radical (unpaired) electrons. The highest BCUT2D eigenvalue weighted by atomic mass is 32.2. The molecule has 162 valence electrons. The Morgan fingerprint density at radius 3 is 2.35 bits per heavy atom. The fourth-order valence-electron chi connectivity index (χ4n) is 3.04. The van der Waals surface area contributed by atoms with Crippen LogP contribution in [0, 0.1) is 6.92 Å². The van der Waals surface area contributed by atoms with E-state index in [1.807, 2.05) is 87.5 Å². The van der Waals surface area contributed by atoms with Gasteiger partial charge in [-0.1, -0.05) is 75.4 Å². The topological polar surface area (TPSA) is 67.8 Å². The molecule has 5 nitrogen and oxygen atoms in total. The molecule has 1 N–H and O–H groups in total. The molecule has 0 amide bonds. The lowest BCUT2D eigenvalue weighted by molar-refractivity contribution is 0.306. The molecule has 0 aliphatic rings. The highest BCUT2D eigenvalue weighted by Gasteiger charge is 2.21. The molecule has 3 rings (SSSR count). The normalized spacial score (nSPS) is 12.1. The zero-order valence-electron chi connectivity index (χ0n) is 18.3. The second-order valence-corrected chi connectivity index (χ2v) is 10.0. The lowest BCUT2D eigenvalue weighted by Crippen LogP contribution is -2.21. The van der Waals surface area contributed by atoms with Gasteiger partial charge in [-0.05, 0) is 47.2 Å². The molecule has 6 heteroatoms. The number of hydrogen-bond acceptors (Lipinski definition) is 4. The fourth-order valence-corrected chi connectivity index (χ4v) is 4.10. The third-order valence-electron chi connectivity index (χ3n) is 4.91.